The normalized spacial score (nSPS) is 12.3. The number of hydrogen-bond acceptors (Lipinski definition) is 4. The van der Waals surface area contributed by atoms with Crippen molar-refractivity contribution in [2.75, 3.05) is 6.54 Å². The number of carbonyl (C=O) groups is 1. The average molecular weight is 469 g/mol. The molecule has 2 aromatic carbocycles. The molecule has 0 radical (unpaired) electrons. The molecule has 8 heteroatoms. The topological polar surface area (TPSA) is 97.6 Å². The Morgan fingerprint density at radius 1 is 1.06 bits per heavy atom. The van der Waals surface area contributed by atoms with Gasteiger partial charge in [0.1, 0.15) is 11.6 Å². The lowest BCUT2D eigenvalue weighted by atomic mass is 10.1. The van der Waals surface area contributed by atoms with Gasteiger partial charge in [0, 0.05) is 23.6 Å². The van der Waals surface area contributed by atoms with E-state index in [4.69, 9.17) is 0 Å². The zero-order chi connectivity index (χ0) is 24.5. The van der Waals surface area contributed by atoms with Crippen molar-refractivity contribution < 1.29 is 4.79 Å². The van der Waals surface area contributed by atoms with Crippen LogP contribution in [0, 0.1) is 13.8 Å². The molecule has 0 bridgehead atoms. The molecule has 0 fully saturated rings. The van der Waals surface area contributed by atoms with Crippen LogP contribution in [-0.4, -0.2) is 37.0 Å². The molecular formula is C27H28N6O2. The van der Waals surface area contributed by atoms with Crippen LogP contribution >= 0.6 is 0 Å². The van der Waals surface area contributed by atoms with E-state index in [0.717, 1.165) is 27.8 Å². The minimum absolute atomic E-state index is 0.214. The molecule has 35 heavy (non-hydrogen) atoms. The number of nitrogens with one attached hydrogen (secondary N) is 2. The molecule has 1 unspecified atom stereocenters. The van der Waals surface area contributed by atoms with Crippen LogP contribution in [-0.2, 0) is 11.2 Å². The molecular weight excluding hydrogens is 440 g/mol. The highest BCUT2D eigenvalue weighted by molar-refractivity contribution is 5.85. The number of aromatic amines is 1. The molecule has 0 aliphatic rings. The summed E-state index contributed by atoms with van der Waals surface area (Å²) in [6, 6.07) is 17.1. The van der Waals surface area contributed by atoms with E-state index >= 15 is 0 Å². The quantitative estimate of drug-likeness (QED) is 0.377. The molecule has 3 aromatic heterocycles. The Labute approximate surface area is 202 Å². The van der Waals surface area contributed by atoms with Gasteiger partial charge in [-0.15, -0.1) is 0 Å². The number of para-hydroxylation sites is 2. The van der Waals surface area contributed by atoms with Crippen LogP contribution < -0.4 is 10.9 Å². The van der Waals surface area contributed by atoms with Gasteiger partial charge in [-0.05, 0) is 50.5 Å². The van der Waals surface area contributed by atoms with Crippen LogP contribution in [0.4, 0.5) is 0 Å². The van der Waals surface area contributed by atoms with Crippen LogP contribution in [0.5, 0.6) is 0 Å². The molecule has 1 amide bonds. The van der Waals surface area contributed by atoms with Crippen molar-refractivity contribution in [1.29, 1.82) is 0 Å². The first-order chi connectivity index (χ1) is 17.0. The Balaban J connectivity index is 1.41. The Kier molecular flexibility index (Phi) is 5.94. The fourth-order valence-corrected chi connectivity index (χ4v) is 4.66. The van der Waals surface area contributed by atoms with Gasteiger partial charge in [0.15, 0.2) is 0 Å². The Morgan fingerprint density at radius 2 is 1.80 bits per heavy atom. The Bertz CT molecular complexity index is 1580. The molecule has 0 aliphatic carbocycles. The summed E-state index contributed by atoms with van der Waals surface area (Å²) < 4.78 is 3.08. The molecule has 0 spiro atoms. The predicted octanol–water partition coefficient (Wildman–Crippen LogP) is 3.99. The summed E-state index contributed by atoms with van der Waals surface area (Å²) in [7, 11) is 0. The monoisotopic (exact) mass is 468 g/mol. The first-order valence-corrected chi connectivity index (χ1v) is 11.9. The van der Waals surface area contributed by atoms with Crippen LogP contribution in [0.3, 0.4) is 0 Å². The molecule has 3 heterocycles. The lowest BCUT2D eigenvalue weighted by Crippen LogP contribution is -2.39. The van der Waals surface area contributed by atoms with Gasteiger partial charge in [-0.2, -0.15) is 10.2 Å². The number of hydrogen-bond donors (Lipinski definition) is 2. The van der Waals surface area contributed by atoms with Gasteiger partial charge < -0.3 is 10.3 Å². The highest BCUT2D eigenvalue weighted by Gasteiger charge is 2.25. The predicted molar refractivity (Wildman–Crippen MR) is 137 cm³/mol. The molecule has 0 aliphatic heterocycles. The Hall–Kier alpha value is -4.20. The first-order valence-electron chi connectivity index (χ1n) is 11.9. The maximum Gasteiger partial charge on any atom is 0.278 e. The van der Waals surface area contributed by atoms with Crippen molar-refractivity contribution in [3.63, 3.8) is 0 Å². The van der Waals surface area contributed by atoms with Crippen LogP contribution in [0.2, 0.25) is 0 Å². The van der Waals surface area contributed by atoms with Crippen LogP contribution in [0.25, 0.3) is 27.5 Å². The first kappa shape index (κ1) is 22.6. The smallest absolute Gasteiger partial charge is 0.278 e. The molecule has 1 atom stereocenters. The number of fused-ring (bicyclic) bond motifs is 2. The van der Waals surface area contributed by atoms with Gasteiger partial charge in [-0.3, -0.25) is 9.59 Å². The largest absolute Gasteiger partial charge is 0.361 e. The van der Waals surface area contributed by atoms with Gasteiger partial charge in [-0.25, -0.2) is 9.36 Å². The lowest BCUT2D eigenvalue weighted by molar-refractivity contribution is -0.124. The van der Waals surface area contributed by atoms with E-state index in [1.807, 2.05) is 75.5 Å². The van der Waals surface area contributed by atoms with Crippen LogP contribution in [0.15, 0.2) is 65.6 Å². The Morgan fingerprint density at radius 3 is 2.57 bits per heavy atom. The van der Waals surface area contributed by atoms with E-state index < -0.39 is 6.04 Å². The summed E-state index contributed by atoms with van der Waals surface area (Å²) in [5, 5.41) is 13.8. The minimum Gasteiger partial charge on any atom is -0.361 e. The fraction of sp³-hybridized carbons (Fsp3) is 0.259. The number of H-pyrrole nitrogens is 1. The number of aromatic nitrogens is 5. The number of amides is 1. The van der Waals surface area contributed by atoms with Crippen molar-refractivity contribution in [2.45, 2.75) is 39.7 Å². The van der Waals surface area contributed by atoms with Gasteiger partial charge in [0.2, 0.25) is 5.91 Å². The van der Waals surface area contributed by atoms with Gasteiger partial charge in [-0.1, -0.05) is 43.3 Å². The van der Waals surface area contributed by atoms with Gasteiger partial charge in [0.05, 0.1) is 22.5 Å². The van der Waals surface area contributed by atoms with Crippen molar-refractivity contribution in [2.24, 2.45) is 0 Å². The van der Waals surface area contributed by atoms with E-state index in [-0.39, 0.29) is 11.5 Å². The molecule has 0 saturated heterocycles. The fourth-order valence-electron chi connectivity index (χ4n) is 4.66. The number of aryl methyl sites for hydroxylation is 2. The summed E-state index contributed by atoms with van der Waals surface area (Å²) in [4.78, 5) is 29.9. The van der Waals surface area contributed by atoms with Crippen molar-refractivity contribution in [1.82, 2.24) is 29.9 Å². The average Bonchev–Trinajstić information content (AvgIpc) is 3.45. The summed E-state index contributed by atoms with van der Waals surface area (Å²) in [5.74, 6) is -0.214. The zero-order valence-electron chi connectivity index (χ0n) is 20.1. The van der Waals surface area contributed by atoms with E-state index in [1.54, 1.807) is 4.68 Å². The van der Waals surface area contributed by atoms with Crippen molar-refractivity contribution in [3.05, 3.63) is 88.1 Å². The summed E-state index contributed by atoms with van der Waals surface area (Å²) in [6.07, 6.45) is 3.11. The number of rotatable bonds is 7. The summed E-state index contributed by atoms with van der Waals surface area (Å²) in [5.41, 5.74) is 4.68. The molecule has 5 rings (SSSR count). The molecule has 8 nitrogen and oxygen atoms in total. The number of nitrogens with zero attached hydrogens (tertiary/aromatic N) is 4. The zero-order valence-corrected chi connectivity index (χ0v) is 20.1. The number of carbonyl (C=O) groups excluding carboxylic acids is 1. The van der Waals surface area contributed by atoms with E-state index in [0.29, 0.717) is 36.0 Å². The van der Waals surface area contributed by atoms with E-state index in [1.165, 1.54) is 4.68 Å². The van der Waals surface area contributed by atoms with Gasteiger partial charge >= 0.3 is 0 Å². The van der Waals surface area contributed by atoms with Crippen molar-refractivity contribution in [3.8, 4) is 5.69 Å². The maximum absolute atomic E-state index is 13.5. The SMILES string of the molecule is CCC(C(=O)NCCc1c[nH]c2ccccc12)n1nc(C)c2nn(-c3ccccc3)c(C)c2c1=O. The number of benzene rings is 2. The third-order valence-corrected chi connectivity index (χ3v) is 6.49. The molecule has 178 valence electrons. The summed E-state index contributed by atoms with van der Waals surface area (Å²) >= 11 is 0. The second kappa shape index (κ2) is 9.21. The van der Waals surface area contributed by atoms with E-state index in [2.05, 4.69) is 26.6 Å². The van der Waals surface area contributed by atoms with Crippen molar-refractivity contribution >= 4 is 27.7 Å². The molecule has 5 aromatic rings. The lowest BCUT2D eigenvalue weighted by Gasteiger charge is -2.17. The minimum atomic E-state index is -0.701. The second-order valence-electron chi connectivity index (χ2n) is 8.72. The standard InChI is InChI=1S/C27H28N6O2/c1-4-23(26(34)28-15-14-19-16-29-22-13-9-8-12-21(19)22)33-27(35)24-18(3)32(20-10-6-5-7-11-20)31-25(24)17(2)30-33/h5-13,16,23,29H,4,14-15H2,1-3H3,(H,28,34). The highest BCUT2D eigenvalue weighted by Crippen LogP contribution is 2.22. The maximum atomic E-state index is 13.5. The van der Waals surface area contributed by atoms with Crippen LogP contribution in [0.1, 0.15) is 36.3 Å². The van der Waals surface area contributed by atoms with E-state index in [9.17, 15) is 9.59 Å². The molecule has 2 N–H and O–H groups in total. The third kappa shape index (κ3) is 4.01. The second-order valence-corrected chi connectivity index (χ2v) is 8.72. The highest BCUT2D eigenvalue weighted by atomic mass is 16.2. The summed E-state index contributed by atoms with van der Waals surface area (Å²) in [6.45, 7) is 6.05. The van der Waals surface area contributed by atoms with Gasteiger partial charge in [0.25, 0.3) is 5.56 Å². The molecule has 0 saturated carbocycles. The third-order valence-electron chi connectivity index (χ3n) is 6.49.